The fourth-order valence-electron chi connectivity index (χ4n) is 2.14. The predicted octanol–water partition coefficient (Wildman–Crippen LogP) is 3.81. The molecule has 2 rings (SSSR count). The van der Waals surface area contributed by atoms with Crippen LogP contribution in [0.15, 0.2) is 24.3 Å². The Hall–Kier alpha value is -1.59. The lowest BCUT2D eigenvalue weighted by Gasteiger charge is -2.22. The summed E-state index contributed by atoms with van der Waals surface area (Å²) in [6.07, 6.45) is 0. The monoisotopic (exact) mass is 323 g/mol. The number of carbonyl (C=O) groups excluding carboxylic acids is 1. The molecule has 0 saturated heterocycles. The third-order valence-corrected chi connectivity index (χ3v) is 4.44. The van der Waals surface area contributed by atoms with Crippen LogP contribution in [0.2, 0.25) is 5.02 Å². The van der Waals surface area contributed by atoms with E-state index in [0.717, 1.165) is 5.56 Å². The van der Waals surface area contributed by atoms with Crippen molar-refractivity contribution in [3.8, 4) is 0 Å². The number of anilines is 1. The van der Waals surface area contributed by atoms with Crippen LogP contribution in [0, 0.1) is 12.8 Å². The Morgan fingerprint density at radius 2 is 1.95 bits per heavy atom. The van der Waals surface area contributed by atoms with Crippen molar-refractivity contribution in [3.63, 3.8) is 0 Å². The second kappa shape index (κ2) is 6.45. The molecule has 6 heteroatoms. The molecule has 0 bridgehead atoms. The molecule has 0 fully saturated rings. The van der Waals surface area contributed by atoms with Gasteiger partial charge in [0, 0.05) is 5.02 Å². The number of aryl methyl sites for hydroxylation is 1. The molecule has 1 aromatic heterocycles. The van der Waals surface area contributed by atoms with Crippen molar-refractivity contribution in [1.82, 2.24) is 10.3 Å². The Morgan fingerprint density at radius 3 is 2.43 bits per heavy atom. The van der Waals surface area contributed by atoms with Gasteiger partial charge in [0.05, 0.1) is 11.7 Å². The number of nitrogen functional groups attached to an aromatic ring is 1. The quantitative estimate of drug-likeness (QED) is 0.898. The number of rotatable bonds is 4. The number of benzene rings is 1. The summed E-state index contributed by atoms with van der Waals surface area (Å²) in [6.45, 7) is 5.91. The van der Waals surface area contributed by atoms with Crippen molar-refractivity contribution in [2.75, 3.05) is 5.73 Å². The number of carbonyl (C=O) groups is 1. The molecular formula is C15H18ClN3OS. The summed E-state index contributed by atoms with van der Waals surface area (Å²) in [5.41, 5.74) is 7.33. The minimum absolute atomic E-state index is 0.0857. The molecule has 1 atom stereocenters. The Bertz CT molecular complexity index is 637. The third-order valence-electron chi connectivity index (χ3n) is 3.20. The smallest absolute Gasteiger partial charge is 0.263 e. The SMILES string of the molecule is Cc1nc(N)sc1C(=O)NC(c1ccc(Cl)cc1)C(C)C. The summed E-state index contributed by atoms with van der Waals surface area (Å²) in [4.78, 5) is 17.1. The topological polar surface area (TPSA) is 68.0 Å². The van der Waals surface area contributed by atoms with Gasteiger partial charge in [-0.05, 0) is 30.5 Å². The van der Waals surface area contributed by atoms with Gasteiger partial charge in [-0.15, -0.1) is 0 Å². The maximum atomic E-state index is 12.4. The molecule has 3 N–H and O–H groups in total. The van der Waals surface area contributed by atoms with E-state index in [1.807, 2.05) is 24.3 Å². The number of nitrogens with zero attached hydrogens (tertiary/aromatic N) is 1. The number of nitrogens with two attached hydrogens (primary N) is 1. The highest BCUT2D eigenvalue weighted by atomic mass is 35.5. The van der Waals surface area contributed by atoms with Crippen LogP contribution in [0.1, 0.15) is 40.8 Å². The first kappa shape index (κ1) is 15.8. The van der Waals surface area contributed by atoms with Gasteiger partial charge in [0.1, 0.15) is 4.88 Å². The lowest BCUT2D eigenvalue weighted by Crippen LogP contribution is -2.31. The molecule has 21 heavy (non-hydrogen) atoms. The molecule has 0 aliphatic heterocycles. The zero-order chi connectivity index (χ0) is 15.6. The van der Waals surface area contributed by atoms with E-state index in [2.05, 4.69) is 24.1 Å². The zero-order valence-corrected chi connectivity index (χ0v) is 13.8. The van der Waals surface area contributed by atoms with E-state index in [9.17, 15) is 4.79 Å². The molecule has 1 unspecified atom stereocenters. The molecule has 0 spiro atoms. The second-order valence-electron chi connectivity index (χ2n) is 5.21. The van der Waals surface area contributed by atoms with Crippen molar-refractivity contribution < 1.29 is 4.79 Å². The number of hydrogen-bond donors (Lipinski definition) is 2. The van der Waals surface area contributed by atoms with E-state index in [1.54, 1.807) is 6.92 Å². The van der Waals surface area contributed by atoms with Gasteiger partial charge < -0.3 is 11.1 Å². The maximum Gasteiger partial charge on any atom is 0.263 e. The third kappa shape index (κ3) is 3.74. The van der Waals surface area contributed by atoms with Crippen LogP contribution in [0.4, 0.5) is 5.13 Å². The molecular weight excluding hydrogens is 306 g/mol. The average molecular weight is 324 g/mol. The predicted molar refractivity (Wildman–Crippen MR) is 87.8 cm³/mol. The average Bonchev–Trinajstić information content (AvgIpc) is 2.76. The molecule has 0 aliphatic rings. The van der Waals surface area contributed by atoms with E-state index >= 15 is 0 Å². The summed E-state index contributed by atoms with van der Waals surface area (Å²) in [5, 5.41) is 4.14. The fourth-order valence-corrected chi connectivity index (χ4v) is 3.00. The van der Waals surface area contributed by atoms with E-state index in [0.29, 0.717) is 20.7 Å². The maximum absolute atomic E-state index is 12.4. The minimum Gasteiger partial charge on any atom is -0.375 e. The van der Waals surface area contributed by atoms with Gasteiger partial charge in [0.25, 0.3) is 5.91 Å². The van der Waals surface area contributed by atoms with Gasteiger partial charge in [-0.1, -0.05) is 48.9 Å². The van der Waals surface area contributed by atoms with Gasteiger partial charge in [-0.2, -0.15) is 0 Å². The highest BCUT2D eigenvalue weighted by Crippen LogP contribution is 2.25. The molecule has 1 aromatic carbocycles. The molecule has 0 radical (unpaired) electrons. The number of nitrogens with one attached hydrogen (secondary N) is 1. The first-order valence-corrected chi connectivity index (χ1v) is 7.87. The Morgan fingerprint density at radius 1 is 1.33 bits per heavy atom. The molecule has 0 aliphatic carbocycles. The molecule has 0 saturated carbocycles. The number of amides is 1. The van der Waals surface area contributed by atoms with Crippen LogP contribution < -0.4 is 11.1 Å². The number of hydrogen-bond acceptors (Lipinski definition) is 4. The van der Waals surface area contributed by atoms with Crippen molar-refractivity contribution in [2.45, 2.75) is 26.8 Å². The standard InChI is InChI=1S/C15H18ClN3OS/c1-8(2)12(10-4-6-11(16)7-5-10)19-14(20)13-9(3)18-15(17)21-13/h4-8,12H,1-3H3,(H2,17,18)(H,19,20). The minimum atomic E-state index is -0.143. The normalized spacial score (nSPS) is 12.4. The van der Waals surface area contributed by atoms with Crippen LogP contribution >= 0.6 is 22.9 Å². The zero-order valence-electron chi connectivity index (χ0n) is 12.2. The lowest BCUT2D eigenvalue weighted by molar-refractivity contribution is 0.0929. The van der Waals surface area contributed by atoms with Crippen LogP contribution in [0.25, 0.3) is 0 Å². The highest BCUT2D eigenvalue weighted by Gasteiger charge is 2.21. The summed E-state index contributed by atoms with van der Waals surface area (Å²) in [6, 6.07) is 7.43. The van der Waals surface area contributed by atoms with Crippen molar-refractivity contribution in [1.29, 1.82) is 0 Å². The largest absolute Gasteiger partial charge is 0.375 e. The van der Waals surface area contributed by atoms with Gasteiger partial charge in [0.2, 0.25) is 0 Å². The van der Waals surface area contributed by atoms with E-state index in [4.69, 9.17) is 17.3 Å². The summed E-state index contributed by atoms with van der Waals surface area (Å²) < 4.78 is 0. The van der Waals surface area contributed by atoms with Gasteiger partial charge in [-0.25, -0.2) is 4.98 Å². The molecule has 1 heterocycles. The first-order valence-electron chi connectivity index (χ1n) is 6.67. The molecule has 2 aromatic rings. The highest BCUT2D eigenvalue weighted by molar-refractivity contribution is 7.17. The van der Waals surface area contributed by atoms with Crippen LogP contribution in [0.5, 0.6) is 0 Å². The molecule has 4 nitrogen and oxygen atoms in total. The van der Waals surface area contributed by atoms with Crippen LogP contribution in [0.3, 0.4) is 0 Å². The number of halogens is 1. The van der Waals surface area contributed by atoms with Gasteiger partial charge in [-0.3, -0.25) is 4.79 Å². The van der Waals surface area contributed by atoms with Crippen molar-refractivity contribution in [2.24, 2.45) is 5.92 Å². The molecule has 112 valence electrons. The summed E-state index contributed by atoms with van der Waals surface area (Å²) >= 11 is 7.12. The second-order valence-corrected chi connectivity index (χ2v) is 6.68. The van der Waals surface area contributed by atoms with Crippen LogP contribution in [-0.4, -0.2) is 10.9 Å². The molecule has 1 amide bonds. The number of thiazole rings is 1. The summed E-state index contributed by atoms with van der Waals surface area (Å²) in [7, 11) is 0. The first-order chi connectivity index (χ1) is 9.88. The van der Waals surface area contributed by atoms with Crippen molar-refractivity contribution in [3.05, 3.63) is 45.4 Å². The summed E-state index contributed by atoms with van der Waals surface area (Å²) in [5.74, 6) is 0.107. The number of aromatic nitrogens is 1. The van der Waals surface area contributed by atoms with E-state index in [1.165, 1.54) is 11.3 Å². The Balaban J connectivity index is 2.22. The Kier molecular flexibility index (Phi) is 4.85. The van der Waals surface area contributed by atoms with Crippen LogP contribution in [-0.2, 0) is 0 Å². The van der Waals surface area contributed by atoms with E-state index in [-0.39, 0.29) is 17.9 Å². The van der Waals surface area contributed by atoms with Crippen molar-refractivity contribution >= 4 is 34.0 Å². The van der Waals surface area contributed by atoms with Gasteiger partial charge in [0.15, 0.2) is 5.13 Å². The lowest BCUT2D eigenvalue weighted by atomic mass is 9.96. The fraction of sp³-hybridized carbons (Fsp3) is 0.333. The Labute approximate surface area is 133 Å². The van der Waals surface area contributed by atoms with E-state index < -0.39 is 0 Å². The van der Waals surface area contributed by atoms with Gasteiger partial charge >= 0.3 is 0 Å².